The first-order valence-electron chi connectivity index (χ1n) is 8.07. The van der Waals surface area contributed by atoms with E-state index in [1.807, 2.05) is 72.8 Å². The molecule has 4 nitrogen and oxygen atoms in total. The molecule has 132 valence electrons. The number of rotatable bonds is 5. The van der Waals surface area contributed by atoms with Gasteiger partial charge in [0.05, 0.1) is 18.1 Å². The molecule has 0 aromatic heterocycles. The zero-order chi connectivity index (χ0) is 18.5. The molecule has 0 bridgehead atoms. The average Bonchev–Trinajstić information content (AvgIpc) is 2.69. The van der Waals surface area contributed by atoms with Gasteiger partial charge in [0, 0.05) is 0 Å². The van der Waals surface area contributed by atoms with Crippen LogP contribution in [0.25, 0.3) is 11.1 Å². The van der Waals surface area contributed by atoms with Crippen LogP contribution in [0.1, 0.15) is 17.0 Å². The summed E-state index contributed by atoms with van der Waals surface area (Å²) >= 11 is 6.20. The number of halogens is 1. The summed E-state index contributed by atoms with van der Waals surface area (Å²) < 4.78 is 5.17. The van der Waals surface area contributed by atoms with Crippen LogP contribution in [0.2, 0.25) is 5.02 Å². The topological polar surface area (TPSA) is 58.6 Å². The lowest BCUT2D eigenvalue weighted by Gasteiger charge is -2.16. The predicted molar refractivity (Wildman–Crippen MR) is 102 cm³/mol. The minimum atomic E-state index is -0.588. The third-order valence-corrected chi connectivity index (χ3v) is 4.53. The van der Waals surface area contributed by atoms with Crippen LogP contribution in [0, 0.1) is 0 Å². The van der Waals surface area contributed by atoms with Gasteiger partial charge in [-0.3, -0.25) is 10.0 Å². The number of carbonyl (C=O) groups is 1. The lowest BCUT2D eigenvalue weighted by atomic mass is 9.89. The molecular formula is C21H18ClNO3. The first-order chi connectivity index (χ1) is 12.6. The molecule has 1 unspecified atom stereocenters. The quantitative estimate of drug-likeness (QED) is 0.509. The number of ether oxygens (including phenoxy) is 1. The summed E-state index contributed by atoms with van der Waals surface area (Å²) in [5.41, 5.74) is 5.26. The standard InChI is InChI=1S/C21H18ClNO3/c1-26-19-12-11-17(13-18(19)22)14-7-9-16(10-8-14)20(21(24)23-25)15-5-3-2-4-6-15/h2-13,20,25H,1H3,(H,23,24). The molecule has 0 spiro atoms. The van der Waals surface area contributed by atoms with Gasteiger partial charge in [-0.1, -0.05) is 72.3 Å². The second kappa shape index (κ2) is 8.04. The highest BCUT2D eigenvalue weighted by Crippen LogP contribution is 2.32. The summed E-state index contributed by atoms with van der Waals surface area (Å²) in [6, 6.07) is 22.5. The number of benzene rings is 3. The molecule has 1 amide bonds. The summed E-state index contributed by atoms with van der Waals surface area (Å²) in [4.78, 5) is 12.2. The Kier molecular flexibility index (Phi) is 5.56. The van der Waals surface area contributed by atoms with E-state index in [9.17, 15) is 4.79 Å². The Labute approximate surface area is 157 Å². The smallest absolute Gasteiger partial charge is 0.255 e. The molecule has 3 rings (SSSR count). The number of hydrogen-bond donors (Lipinski definition) is 2. The van der Waals surface area contributed by atoms with E-state index in [4.69, 9.17) is 21.5 Å². The molecule has 0 aliphatic carbocycles. The molecule has 0 saturated carbocycles. The molecule has 3 aromatic rings. The van der Waals surface area contributed by atoms with Crippen molar-refractivity contribution in [1.82, 2.24) is 5.48 Å². The molecule has 5 heteroatoms. The van der Waals surface area contributed by atoms with E-state index in [0.29, 0.717) is 10.8 Å². The molecular weight excluding hydrogens is 350 g/mol. The normalized spacial score (nSPS) is 11.7. The van der Waals surface area contributed by atoms with Crippen molar-refractivity contribution in [3.05, 3.63) is 88.9 Å². The molecule has 0 saturated heterocycles. The van der Waals surface area contributed by atoms with Gasteiger partial charge in [-0.2, -0.15) is 0 Å². The van der Waals surface area contributed by atoms with E-state index in [2.05, 4.69) is 0 Å². The number of nitrogens with one attached hydrogen (secondary N) is 1. The van der Waals surface area contributed by atoms with E-state index in [1.165, 1.54) is 0 Å². The van der Waals surface area contributed by atoms with E-state index < -0.39 is 11.8 Å². The Morgan fingerprint density at radius 2 is 1.58 bits per heavy atom. The van der Waals surface area contributed by atoms with Crippen molar-refractivity contribution in [2.24, 2.45) is 0 Å². The zero-order valence-electron chi connectivity index (χ0n) is 14.1. The molecule has 0 aliphatic heterocycles. The Morgan fingerprint density at radius 1 is 0.962 bits per heavy atom. The van der Waals surface area contributed by atoms with E-state index in [-0.39, 0.29) is 0 Å². The third kappa shape index (κ3) is 3.72. The Bertz CT molecular complexity index is 895. The van der Waals surface area contributed by atoms with Crippen LogP contribution in [0.15, 0.2) is 72.8 Å². The summed E-state index contributed by atoms with van der Waals surface area (Å²) in [5, 5.41) is 9.65. The molecule has 3 aromatic carbocycles. The SMILES string of the molecule is COc1ccc(-c2ccc(C(C(=O)NO)c3ccccc3)cc2)cc1Cl. The fourth-order valence-corrected chi connectivity index (χ4v) is 3.18. The van der Waals surface area contributed by atoms with Gasteiger partial charge in [-0.25, -0.2) is 5.48 Å². The summed E-state index contributed by atoms with van der Waals surface area (Å²) in [6.07, 6.45) is 0. The fraction of sp³-hybridized carbons (Fsp3) is 0.0952. The fourth-order valence-electron chi connectivity index (χ4n) is 2.92. The molecule has 0 fully saturated rings. The third-order valence-electron chi connectivity index (χ3n) is 4.23. The first kappa shape index (κ1) is 18.0. The zero-order valence-corrected chi connectivity index (χ0v) is 14.9. The van der Waals surface area contributed by atoms with Crippen LogP contribution in [-0.4, -0.2) is 18.2 Å². The van der Waals surface area contributed by atoms with Gasteiger partial charge in [0.2, 0.25) is 0 Å². The number of hydrogen-bond acceptors (Lipinski definition) is 3. The van der Waals surface area contributed by atoms with Gasteiger partial charge >= 0.3 is 0 Å². The Balaban J connectivity index is 1.94. The molecule has 2 N–H and O–H groups in total. The van der Waals surface area contributed by atoms with Crippen LogP contribution in [0.5, 0.6) is 5.75 Å². The van der Waals surface area contributed by atoms with Crippen molar-refractivity contribution in [2.75, 3.05) is 7.11 Å². The van der Waals surface area contributed by atoms with Gasteiger partial charge in [-0.05, 0) is 34.4 Å². The number of amides is 1. The highest BCUT2D eigenvalue weighted by Gasteiger charge is 2.22. The Morgan fingerprint density at radius 3 is 2.15 bits per heavy atom. The van der Waals surface area contributed by atoms with Gasteiger partial charge in [-0.15, -0.1) is 0 Å². The van der Waals surface area contributed by atoms with Gasteiger partial charge in [0.1, 0.15) is 5.75 Å². The largest absolute Gasteiger partial charge is 0.495 e. The van der Waals surface area contributed by atoms with Crippen LogP contribution in [0.4, 0.5) is 0 Å². The molecule has 1 atom stereocenters. The lowest BCUT2D eigenvalue weighted by molar-refractivity contribution is -0.129. The van der Waals surface area contributed by atoms with E-state index >= 15 is 0 Å². The number of hydroxylamine groups is 1. The average molecular weight is 368 g/mol. The molecule has 0 heterocycles. The van der Waals surface area contributed by atoms with Crippen molar-refractivity contribution in [3.8, 4) is 16.9 Å². The van der Waals surface area contributed by atoms with Crippen molar-refractivity contribution in [2.45, 2.75) is 5.92 Å². The van der Waals surface area contributed by atoms with Crippen LogP contribution in [-0.2, 0) is 4.79 Å². The maximum Gasteiger partial charge on any atom is 0.255 e. The molecule has 26 heavy (non-hydrogen) atoms. The second-order valence-electron chi connectivity index (χ2n) is 5.79. The van der Waals surface area contributed by atoms with Crippen LogP contribution in [0.3, 0.4) is 0 Å². The predicted octanol–water partition coefficient (Wildman–Crippen LogP) is 4.65. The summed E-state index contributed by atoms with van der Waals surface area (Å²) in [5.74, 6) is -0.443. The highest BCUT2D eigenvalue weighted by atomic mass is 35.5. The first-order valence-corrected chi connectivity index (χ1v) is 8.44. The van der Waals surface area contributed by atoms with E-state index in [0.717, 1.165) is 22.3 Å². The summed E-state index contributed by atoms with van der Waals surface area (Å²) in [6.45, 7) is 0. The minimum Gasteiger partial charge on any atom is -0.495 e. The lowest BCUT2D eigenvalue weighted by Crippen LogP contribution is -2.27. The molecule has 0 radical (unpaired) electrons. The number of carbonyl (C=O) groups excluding carboxylic acids is 1. The Hall–Kier alpha value is -2.82. The van der Waals surface area contributed by atoms with Crippen LogP contribution >= 0.6 is 11.6 Å². The van der Waals surface area contributed by atoms with E-state index in [1.54, 1.807) is 12.6 Å². The van der Waals surface area contributed by atoms with Crippen molar-refractivity contribution >= 4 is 17.5 Å². The van der Waals surface area contributed by atoms with Crippen LogP contribution < -0.4 is 10.2 Å². The van der Waals surface area contributed by atoms with Gasteiger partial charge in [0.25, 0.3) is 5.91 Å². The minimum absolute atomic E-state index is 0.476. The molecule has 0 aliphatic rings. The van der Waals surface area contributed by atoms with Crippen molar-refractivity contribution < 1.29 is 14.7 Å². The highest BCUT2D eigenvalue weighted by molar-refractivity contribution is 6.32. The van der Waals surface area contributed by atoms with Gasteiger partial charge in [0.15, 0.2) is 0 Å². The monoisotopic (exact) mass is 367 g/mol. The maximum atomic E-state index is 12.2. The van der Waals surface area contributed by atoms with Gasteiger partial charge < -0.3 is 4.74 Å². The van der Waals surface area contributed by atoms with Crippen molar-refractivity contribution in [3.63, 3.8) is 0 Å². The maximum absolute atomic E-state index is 12.2. The second-order valence-corrected chi connectivity index (χ2v) is 6.20. The number of methoxy groups -OCH3 is 1. The van der Waals surface area contributed by atoms with Crippen molar-refractivity contribution in [1.29, 1.82) is 0 Å². The summed E-state index contributed by atoms with van der Waals surface area (Å²) in [7, 11) is 1.58.